The van der Waals surface area contributed by atoms with E-state index in [-0.39, 0.29) is 11.1 Å². The molecular weight excluding hydrogens is 338 g/mol. The minimum atomic E-state index is -0.220. The van der Waals surface area contributed by atoms with Crippen molar-refractivity contribution in [2.75, 3.05) is 0 Å². The van der Waals surface area contributed by atoms with Crippen LogP contribution in [0.5, 0.6) is 0 Å². The van der Waals surface area contributed by atoms with Crippen LogP contribution in [0.3, 0.4) is 0 Å². The summed E-state index contributed by atoms with van der Waals surface area (Å²) in [5.74, 6) is 0. The number of nitrogens with zero attached hydrogens (tertiary/aromatic N) is 5. The van der Waals surface area contributed by atoms with Crippen LogP contribution in [0, 0.1) is 6.92 Å². The molecule has 2 aromatic carbocycles. The van der Waals surface area contributed by atoms with E-state index in [4.69, 9.17) is 0 Å². The van der Waals surface area contributed by atoms with Gasteiger partial charge in [0.25, 0.3) is 5.56 Å². The van der Waals surface area contributed by atoms with Crippen molar-refractivity contribution in [3.63, 3.8) is 0 Å². The van der Waals surface area contributed by atoms with Crippen LogP contribution in [0.25, 0.3) is 33.5 Å². The van der Waals surface area contributed by atoms with Gasteiger partial charge in [0.15, 0.2) is 11.2 Å². The lowest BCUT2D eigenvalue weighted by Gasteiger charge is -2.07. The van der Waals surface area contributed by atoms with Gasteiger partial charge in [0.1, 0.15) is 5.52 Å². The number of para-hydroxylation sites is 1. The van der Waals surface area contributed by atoms with Crippen molar-refractivity contribution in [3.8, 4) is 16.8 Å². The van der Waals surface area contributed by atoms with Crippen LogP contribution >= 0.6 is 0 Å². The maximum Gasteiger partial charge on any atom is 0.285 e. The van der Waals surface area contributed by atoms with Crippen molar-refractivity contribution in [2.24, 2.45) is 0 Å². The van der Waals surface area contributed by atoms with E-state index in [1.807, 2.05) is 73.7 Å². The molecule has 0 aliphatic heterocycles. The molecule has 3 aromatic heterocycles. The summed E-state index contributed by atoms with van der Waals surface area (Å²) in [5, 5.41) is 13.2. The lowest BCUT2D eigenvalue weighted by molar-refractivity contribution is 0.905. The third kappa shape index (κ3) is 2.34. The molecule has 6 nitrogen and oxygen atoms in total. The van der Waals surface area contributed by atoms with Crippen LogP contribution < -0.4 is 5.56 Å². The van der Waals surface area contributed by atoms with Crippen LogP contribution in [-0.4, -0.2) is 24.4 Å². The second-order valence-electron chi connectivity index (χ2n) is 6.32. The molecule has 5 rings (SSSR count). The zero-order valence-corrected chi connectivity index (χ0v) is 14.6. The molecule has 0 bridgehead atoms. The Labute approximate surface area is 154 Å². The first kappa shape index (κ1) is 15.5. The van der Waals surface area contributed by atoms with E-state index in [0.717, 1.165) is 22.5 Å². The van der Waals surface area contributed by atoms with E-state index in [2.05, 4.69) is 15.3 Å². The van der Waals surface area contributed by atoms with E-state index >= 15 is 0 Å². The van der Waals surface area contributed by atoms with E-state index in [0.29, 0.717) is 11.2 Å². The van der Waals surface area contributed by atoms with Crippen LogP contribution in [0.4, 0.5) is 0 Å². The molecule has 5 aromatic rings. The molecule has 0 spiro atoms. The van der Waals surface area contributed by atoms with E-state index in [9.17, 15) is 4.79 Å². The highest BCUT2D eigenvalue weighted by molar-refractivity contribution is 5.84. The van der Waals surface area contributed by atoms with Gasteiger partial charge in [-0.2, -0.15) is 5.10 Å². The van der Waals surface area contributed by atoms with E-state index in [1.54, 1.807) is 15.3 Å². The van der Waals surface area contributed by atoms with Gasteiger partial charge >= 0.3 is 0 Å². The lowest BCUT2D eigenvalue weighted by Crippen LogP contribution is -2.20. The Bertz CT molecular complexity index is 1340. The lowest BCUT2D eigenvalue weighted by atomic mass is 10.1. The first-order valence-electron chi connectivity index (χ1n) is 8.62. The minimum absolute atomic E-state index is 0.220. The van der Waals surface area contributed by atoms with E-state index in [1.165, 1.54) is 0 Å². The normalized spacial score (nSPS) is 11.3. The first-order valence-corrected chi connectivity index (χ1v) is 8.62. The molecule has 0 atom stereocenters. The Morgan fingerprint density at radius 3 is 2.30 bits per heavy atom. The van der Waals surface area contributed by atoms with Crippen LogP contribution in [0.1, 0.15) is 5.69 Å². The molecule has 0 fully saturated rings. The maximum absolute atomic E-state index is 13.0. The summed E-state index contributed by atoms with van der Waals surface area (Å²) in [4.78, 5) is 13.0. The number of aryl methyl sites for hydroxylation is 1. The number of rotatable bonds is 2. The molecular formula is C21H15N5O. The minimum Gasteiger partial charge on any atom is -0.282 e. The molecule has 0 saturated heterocycles. The highest BCUT2D eigenvalue weighted by Gasteiger charge is 2.17. The molecule has 0 N–H and O–H groups in total. The van der Waals surface area contributed by atoms with Crippen molar-refractivity contribution in [2.45, 2.75) is 6.92 Å². The fourth-order valence-corrected chi connectivity index (χ4v) is 3.39. The van der Waals surface area contributed by atoms with Gasteiger partial charge < -0.3 is 0 Å². The fraction of sp³-hybridized carbons (Fsp3) is 0.0476. The third-order valence-electron chi connectivity index (χ3n) is 4.65. The van der Waals surface area contributed by atoms with Gasteiger partial charge in [-0.25, -0.2) is 4.52 Å². The highest BCUT2D eigenvalue weighted by atomic mass is 16.1. The zero-order valence-electron chi connectivity index (χ0n) is 14.6. The van der Waals surface area contributed by atoms with Gasteiger partial charge in [-0.3, -0.25) is 9.36 Å². The summed E-state index contributed by atoms with van der Waals surface area (Å²) in [6, 6.07) is 21.3. The van der Waals surface area contributed by atoms with Crippen molar-refractivity contribution in [3.05, 3.63) is 89.0 Å². The number of benzene rings is 2. The molecule has 27 heavy (non-hydrogen) atoms. The standard InChI is InChI=1S/C21H15N5O/c1-14-18(15-8-4-2-5-9-15)20-23-22-19-17(26(20)24-14)12-13-25(21(19)27)16-10-6-3-7-11-16/h2-13H,1H3. The second kappa shape index (κ2) is 5.88. The maximum atomic E-state index is 13.0. The molecule has 3 heterocycles. The van der Waals surface area contributed by atoms with Gasteiger partial charge in [-0.15, -0.1) is 10.2 Å². The quantitative estimate of drug-likeness (QED) is 0.488. The Balaban J connectivity index is 1.80. The summed E-state index contributed by atoms with van der Waals surface area (Å²) < 4.78 is 3.27. The Kier molecular flexibility index (Phi) is 3.36. The Morgan fingerprint density at radius 2 is 1.56 bits per heavy atom. The molecule has 0 aliphatic rings. The molecule has 0 saturated carbocycles. The van der Waals surface area contributed by atoms with Crippen LogP contribution in [-0.2, 0) is 0 Å². The number of aromatic nitrogens is 5. The summed E-state index contributed by atoms with van der Waals surface area (Å²) in [7, 11) is 0. The SMILES string of the molecule is Cc1nn2c(nnc3c(=O)n(-c4ccccc4)ccc32)c1-c1ccccc1. The van der Waals surface area contributed by atoms with Crippen molar-refractivity contribution < 1.29 is 0 Å². The topological polar surface area (TPSA) is 65.1 Å². The number of hydrogen-bond donors (Lipinski definition) is 0. The van der Waals surface area contributed by atoms with Gasteiger partial charge in [0.2, 0.25) is 0 Å². The van der Waals surface area contributed by atoms with Crippen molar-refractivity contribution >= 4 is 16.7 Å². The first-order chi connectivity index (χ1) is 13.2. The van der Waals surface area contributed by atoms with Crippen molar-refractivity contribution in [1.82, 2.24) is 24.4 Å². The molecule has 0 aliphatic carbocycles. The Morgan fingerprint density at radius 1 is 0.852 bits per heavy atom. The number of pyridine rings is 1. The summed E-state index contributed by atoms with van der Waals surface area (Å²) in [5.41, 5.74) is 4.93. The molecule has 0 unspecified atom stereocenters. The average molecular weight is 353 g/mol. The average Bonchev–Trinajstić information content (AvgIpc) is 3.06. The van der Waals surface area contributed by atoms with E-state index < -0.39 is 0 Å². The smallest absolute Gasteiger partial charge is 0.282 e. The number of fused-ring (bicyclic) bond motifs is 3. The molecule has 130 valence electrons. The summed E-state index contributed by atoms with van der Waals surface area (Å²) >= 11 is 0. The predicted octanol–water partition coefficient (Wildman–Crippen LogP) is 3.40. The number of hydrogen-bond acceptors (Lipinski definition) is 4. The molecule has 0 amide bonds. The van der Waals surface area contributed by atoms with Gasteiger partial charge in [-0.1, -0.05) is 48.5 Å². The largest absolute Gasteiger partial charge is 0.285 e. The second-order valence-corrected chi connectivity index (χ2v) is 6.32. The Hall–Kier alpha value is -3.80. The zero-order chi connectivity index (χ0) is 18.4. The highest BCUT2D eigenvalue weighted by Crippen LogP contribution is 2.27. The fourth-order valence-electron chi connectivity index (χ4n) is 3.39. The predicted molar refractivity (Wildman–Crippen MR) is 104 cm³/mol. The van der Waals surface area contributed by atoms with Crippen LogP contribution in [0.2, 0.25) is 0 Å². The van der Waals surface area contributed by atoms with Crippen molar-refractivity contribution in [1.29, 1.82) is 0 Å². The summed E-state index contributed by atoms with van der Waals surface area (Å²) in [6.45, 7) is 1.94. The van der Waals surface area contributed by atoms with Crippen LogP contribution in [0.15, 0.2) is 77.7 Å². The third-order valence-corrected chi connectivity index (χ3v) is 4.65. The molecule has 6 heteroatoms. The molecule has 0 radical (unpaired) electrons. The monoisotopic (exact) mass is 353 g/mol. The van der Waals surface area contributed by atoms with Gasteiger partial charge in [-0.05, 0) is 30.7 Å². The van der Waals surface area contributed by atoms with Gasteiger partial charge in [0, 0.05) is 11.9 Å². The summed E-state index contributed by atoms with van der Waals surface area (Å²) in [6.07, 6.45) is 1.75. The van der Waals surface area contributed by atoms with Gasteiger partial charge in [0.05, 0.1) is 11.3 Å².